The fraction of sp³-hybridized carbons (Fsp3) is 0.412. The lowest BCUT2D eigenvalue weighted by Crippen LogP contribution is -2.07. The largest absolute Gasteiger partial charge is 0.299 e. The quantitative estimate of drug-likeness (QED) is 0.805. The Morgan fingerprint density at radius 1 is 1.30 bits per heavy atom. The molecule has 106 valence electrons. The second kappa shape index (κ2) is 6.51. The summed E-state index contributed by atoms with van der Waals surface area (Å²) in [6.07, 6.45) is 3.77. The molecule has 0 aliphatic carbocycles. The molecule has 0 aliphatic heterocycles. The van der Waals surface area contributed by atoms with Crippen LogP contribution in [0.5, 0.6) is 0 Å². The van der Waals surface area contributed by atoms with Crippen molar-refractivity contribution < 1.29 is 4.79 Å². The van der Waals surface area contributed by atoms with E-state index in [2.05, 4.69) is 44.1 Å². The van der Waals surface area contributed by atoms with Gasteiger partial charge in [-0.25, -0.2) is 0 Å². The number of aromatic nitrogens is 2. The van der Waals surface area contributed by atoms with Crippen LogP contribution in [0.1, 0.15) is 43.1 Å². The zero-order valence-electron chi connectivity index (χ0n) is 12.5. The average Bonchev–Trinajstić information content (AvgIpc) is 2.85. The molecule has 0 atom stereocenters. The molecule has 0 spiro atoms. The number of aryl methyl sites for hydroxylation is 2. The van der Waals surface area contributed by atoms with Crippen LogP contribution in [0.4, 0.5) is 0 Å². The van der Waals surface area contributed by atoms with Gasteiger partial charge in [0.2, 0.25) is 0 Å². The number of hydrogen-bond acceptors (Lipinski definition) is 2. The number of hydrogen-bond donors (Lipinski definition) is 0. The molecule has 1 aromatic carbocycles. The number of benzene rings is 1. The molecule has 0 bridgehead atoms. The summed E-state index contributed by atoms with van der Waals surface area (Å²) in [6, 6.07) is 10.6. The van der Waals surface area contributed by atoms with Gasteiger partial charge in [0.25, 0.3) is 0 Å². The first-order chi connectivity index (χ1) is 9.54. The van der Waals surface area contributed by atoms with E-state index in [-0.39, 0.29) is 5.78 Å². The van der Waals surface area contributed by atoms with Crippen LogP contribution in [0.3, 0.4) is 0 Å². The molecular weight excluding hydrogens is 248 g/mol. The van der Waals surface area contributed by atoms with Crippen molar-refractivity contribution in [3.63, 3.8) is 0 Å². The third-order valence-electron chi connectivity index (χ3n) is 3.35. The molecule has 3 heteroatoms. The molecule has 0 saturated carbocycles. The molecule has 20 heavy (non-hydrogen) atoms. The highest BCUT2D eigenvalue weighted by Gasteiger charge is 2.08. The van der Waals surface area contributed by atoms with Gasteiger partial charge in [-0.05, 0) is 38.8 Å². The van der Waals surface area contributed by atoms with E-state index in [0.717, 1.165) is 12.1 Å². The highest BCUT2D eigenvalue weighted by atomic mass is 16.1. The lowest BCUT2D eigenvalue weighted by atomic mass is 10.0. The first kappa shape index (κ1) is 14.5. The SMILES string of the molecule is Cc1cccc(CCC(=O)Cc2ccn(C(C)C)n2)c1. The maximum atomic E-state index is 12.0. The summed E-state index contributed by atoms with van der Waals surface area (Å²) in [5, 5.41) is 4.41. The molecule has 0 fully saturated rings. The minimum absolute atomic E-state index is 0.250. The molecular formula is C17H22N2O. The summed E-state index contributed by atoms with van der Waals surface area (Å²) in [5.41, 5.74) is 3.34. The van der Waals surface area contributed by atoms with Gasteiger partial charge < -0.3 is 0 Å². The number of carbonyl (C=O) groups is 1. The van der Waals surface area contributed by atoms with Crippen LogP contribution in [0, 0.1) is 6.92 Å². The molecule has 3 nitrogen and oxygen atoms in total. The Balaban J connectivity index is 1.86. The Morgan fingerprint density at radius 2 is 2.10 bits per heavy atom. The maximum Gasteiger partial charge on any atom is 0.139 e. The molecule has 0 unspecified atom stereocenters. The minimum atomic E-state index is 0.250. The molecule has 0 aliphatic rings. The third kappa shape index (κ3) is 4.05. The van der Waals surface area contributed by atoms with Crippen molar-refractivity contribution in [2.75, 3.05) is 0 Å². The average molecular weight is 270 g/mol. The second-order valence-electron chi connectivity index (χ2n) is 5.59. The van der Waals surface area contributed by atoms with Crippen LogP contribution in [0.2, 0.25) is 0 Å². The van der Waals surface area contributed by atoms with Crippen LogP contribution < -0.4 is 0 Å². The van der Waals surface area contributed by atoms with Gasteiger partial charge in [0, 0.05) is 18.7 Å². The van der Waals surface area contributed by atoms with Crippen LogP contribution in [0.25, 0.3) is 0 Å². The van der Waals surface area contributed by atoms with Crippen molar-refractivity contribution >= 4 is 5.78 Å². The smallest absolute Gasteiger partial charge is 0.139 e. The van der Waals surface area contributed by atoms with Crippen molar-refractivity contribution in [3.8, 4) is 0 Å². The van der Waals surface area contributed by atoms with Gasteiger partial charge in [0.05, 0.1) is 12.1 Å². The number of rotatable bonds is 6. The lowest BCUT2D eigenvalue weighted by Gasteiger charge is -2.04. The third-order valence-corrected chi connectivity index (χ3v) is 3.35. The first-order valence-electron chi connectivity index (χ1n) is 7.16. The van der Waals surface area contributed by atoms with E-state index in [9.17, 15) is 4.79 Å². The van der Waals surface area contributed by atoms with Crippen molar-refractivity contribution in [3.05, 3.63) is 53.3 Å². The van der Waals surface area contributed by atoms with Crippen LogP contribution in [-0.2, 0) is 17.6 Å². The van der Waals surface area contributed by atoms with Gasteiger partial charge >= 0.3 is 0 Å². The molecule has 2 rings (SSSR count). The Labute approximate surface area is 120 Å². The molecule has 0 radical (unpaired) electrons. The lowest BCUT2D eigenvalue weighted by molar-refractivity contribution is -0.118. The van der Waals surface area contributed by atoms with Gasteiger partial charge in [0.1, 0.15) is 5.78 Å². The zero-order chi connectivity index (χ0) is 14.5. The molecule has 1 heterocycles. The van der Waals surface area contributed by atoms with Gasteiger partial charge in [-0.1, -0.05) is 29.8 Å². The van der Waals surface area contributed by atoms with Crippen molar-refractivity contribution in [2.45, 2.75) is 46.1 Å². The molecule has 0 amide bonds. The number of nitrogens with zero attached hydrogens (tertiary/aromatic N) is 2. The first-order valence-corrected chi connectivity index (χ1v) is 7.16. The van der Waals surface area contributed by atoms with Crippen molar-refractivity contribution in [1.29, 1.82) is 0 Å². The summed E-state index contributed by atoms with van der Waals surface area (Å²) in [6.45, 7) is 6.23. The van der Waals surface area contributed by atoms with Crippen molar-refractivity contribution in [2.24, 2.45) is 0 Å². The summed E-state index contributed by atoms with van der Waals surface area (Å²) in [7, 11) is 0. The Bertz CT molecular complexity index is 584. The zero-order valence-corrected chi connectivity index (χ0v) is 12.5. The monoisotopic (exact) mass is 270 g/mol. The van der Waals surface area contributed by atoms with E-state index in [1.165, 1.54) is 11.1 Å². The van der Waals surface area contributed by atoms with Crippen molar-refractivity contribution in [1.82, 2.24) is 9.78 Å². The predicted octanol–water partition coefficient (Wildman–Crippen LogP) is 3.52. The fourth-order valence-corrected chi connectivity index (χ4v) is 2.20. The summed E-state index contributed by atoms with van der Waals surface area (Å²) >= 11 is 0. The minimum Gasteiger partial charge on any atom is -0.299 e. The Kier molecular flexibility index (Phi) is 4.72. The van der Waals surface area contributed by atoms with E-state index < -0.39 is 0 Å². The number of carbonyl (C=O) groups excluding carboxylic acids is 1. The summed E-state index contributed by atoms with van der Waals surface area (Å²) in [5.74, 6) is 0.250. The predicted molar refractivity (Wildman–Crippen MR) is 80.8 cm³/mol. The van der Waals surface area contributed by atoms with E-state index >= 15 is 0 Å². The van der Waals surface area contributed by atoms with Gasteiger partial charge in [0.15, 0.2) is 0 Å². The van der Waals surface area contributed by atoms with Crippen LogP contribution >= 0.6 is 0 Å². The van der Waals surface area contributed by atoms with Gasteiger partial charge in [-0.3, -0.25) is 9.48 Å². The second-order valence-corrected chi connectivity index (χ2v) is 5.59. The van der Waals surface area contributed by atoms with E-state index in [1.807, 2.05) is 23.0 Å². The molecule has 0 N–H and O–H groups in total. The summed E-state index contributed by atoms with van der Waals surface area (Å²) < 4.78 is 1.89. The van der Waals surface area contributed by atoms with E-state index in [4.69, 9.17) is 0 Å². The highest BCUT2D eigenvalue weighted by molar-refractivity contribution is 5.80. The highest BCUT2D eigenvalue weighted by Crippen LogP contribution is 2.09. The Morgan fingerprint density at radius 3 is 2.75 bits per heavy atom. The number of ketones is 1. The number of Topliss-reactive ketones (excluding diaryl/α,β-unsaturated/α-hetero) is 1. The van der Waals surface area contributed by atoms with Crippen LogP contribution in [0.15, 0.2) is 36.5 Å². The summed E-state index contributed by atoms with van der Waals surface area (Å²) in [4.78, 5) is 12.0. The standard InChI is InChI=1S/C17H22N2O/c1-13(2)19-10-9-16(18-19)12-17(20)8-7-15-6-4-5-14(3)11-15/h4-6,9-11,13H,7-8,12H2,1-3H3. The fourth-order valence-electron chi connectivity index (χ4n) is 2.20. The van der Waals surface area contributed by atoms with E-state index in [0.29, 0.717) is 18.9 Å². The molecule has 2 aromatic rings. The van der Waals surface area contributed by atoms with E-state index in [1.54, 1.807) is 0 Å². The van der Waals surface area contributed by atoms with Gasteiger partial charge in [-0.15, -0.1) is 0 Å². The van der Waals surface area contributed by atoms with Gasteiger partial charge in [-0.2, -0.15) is 5.10 Å². The normalized spacial score (nSPS) is 11.0. The molecule has 1 aromatic heterocycles. The topological polar surface area (TPSA) is 34.9 Å². The Hall–Kier alpha value is -1.90. The maximum absolute atomic E-state index is 12.0. The molecule has 0 saturated heterocycles. The van der Waals surface area contributed by atoms with Crippen LogP contribution in [-0.4, -0.2) is 15.6 Å².